The predicted octanol–water partition coefficient (Wildman–Crippen LogP) is 2.08. The molecule has 0 aliphatic rings. The third-order valence-electron chi connectivity index (χ3n) is 2.91. The molecule has 18 heavy (non-hydrogen) atoms. The lowest BCUT2D eigenvalue weighted by molar-refractivity contribution is 0.520. The van der Waals surface area contributed by atoms with Crippen molar-refractivity contribution >= 4 is 0 Å². The van der Waals surface area contributed by atoms with Crippen LogP contribution in [0.25, 0.3) is 0 Å². The van der Waals surface area contributed by atoms with Crippen LogP contribution in [0.3, 0.4) is 0 Å². The highest BCUT2D eigenvalue weighted by molar-refractivity contribution is 5.14. The Hall–Kier alpha value is -1.26. The fourth-order valence-electron chi connectivity index (χ4n) is 1.77. The first-order valence-electron chi connectivity index (χ1n) is 6.55. The molecule has 2 atom stereocenters. The summed E-state index contributed by atoms with van der Waals surface area (Å²) in [7, 11) is 0. The molecule has 0 aromatic heterocycles. The Labute approximate surface area is 109 Å². The van der Waals surface area contributed by atoms with Crippen molar-refractivity contribution in [1.29, 1.82) is 0 Å². The maximum atomic E-state index is 10.7. The van der Waals surface area contributed by atoms with Gasteiger partial charge < -0.3 is 11.1 Å². The zero-order valence-electron chi connectivity index (χ0n) is 11.0. The first-order chi connectivity index (χ1) is 8.72. The van der Waals surface area contributed by atoms with Gasteiger partial charge in [-0.3, -0.25) is 0 Å². The predicted molar refractivity (Wildman–Crippen MR) is 75.5 cm³/mol. The number of hydrogen-bond donors (Lipinski definition) is 2. The molecule has 1 aromatic carbocycles. The molecule has 4 nitrogen and oxygen atoms in total. The summed E-state index contributed by atoms with van der Waals surface area (Å²) in [5.41, 5.74) is 6.90. The quantitative estimate of drug-likeness (QED) is 0.520. The largest absolute Gasteiger partial charge is 0.328 e. The van der Waals surface area contributed by atoms with Crippen LogP contribution in [-0.2, 0) is 6.42 Å². The van der Waals surface area contributed by atoms with Crippen LogP contribution in [0.15, 0.2) is 35.5 Å². The first-order valence-corrected chi connectivity index (χ1v) is 6.55. The number of rotatable bonds is 9. The van der Waals surface area contributed by atoms with Crippen molar-refractivity contribution in [2.24, 2.45) is 10.9 Å². The van der Waals surface area contributed by atoms with Crippen LogP contribution in [0, 0.1) is 4.91 Å². The van der Waals surface area contributed by atoms with Crippen molar-refractivity contribution in [3.8, 4) is 0 Å². The Balaban J connectivity index is 2.19. The van der Waals surface area contributed by atoms with Gasteiger partial charge in [0.1, 0.15) is 6.04 Å². The lowest BCUT2D eigenvalue weighted by Gasteiger charge is -2.11. The minimum Gasteiger partial charge on any atom is -0.328 e. The Bertz CT molecular complexity index is 327. The highest BCUT2D eigenvalue weighted by Crippen LogP contribution is 2.06. The molecule has 1 aromatic rings. The first kappa shape index (κ1) is 14.8. The summed E-state index contributed by atoms with van der Waals surface area (Å²) in [5, 5.41) is 6.41. The average molecular weight is 249 g/mol. The maximum Gasteiger partial charge on any atom is 0.105 e. The monoisotopic (exact) mass is 249 g/mol. The van der Waals surface area contributed by atoms with E-state index in [1.165, 1.54) is 5.56 Å². The zero-order valence-corrected chi connectivity index (χ0v) is 11.0. The molecule has 3 N–H and O–H groups in total. The molecule has 0 fully saturated rings. The highest BCUT2D eigenvalue weighted by atomic mass is 16.3. The molecular weight excluding hydrogens is 226 g/mol. The molecule has 0 saturated carbocycles. The average Bonchev–Trinajstić information content (AvgIpc) is 2.39. The van der Waals surface area contributed by atoms with E-state index in [2.05, 4.69) is 22.6 Å². The lowest BCUT2D eigenvalue weighted by Crippen LogP contribution is -2.30. The van der Waals surface area contributed by atoms with Gasteiger partial charge in [-0.25, -0.2) is 0 Å². The SMILES string of the molecule is C[C@@H](N)CCNC[C@H](CCc1ccccc1)N=O. The third kappa shape index (κ3) is 6.47. The maximum absolute atomic E-state index is 10.7. The van der Waals surface area contributed by atoms with E-state index in [0.717, 1.165) is 25.8 Å². The molecule has 4 heteroatoms. The van der Waals surface area contributed by atoms with Gasteiger partial charge in [0.25, 0.3) is 0 Å². The van der Waals surface area contributed by atoms with Crippen molar-refractivity contribution in [1.82, 2.24) is 5.32 Å². The minimum atomic E-state index is -0.154. The summed E-state index contributed by atoms with van der Waals surface area (Å²) < 4.78 is 0. The molecule has 0 unspecified atom stereocenters. The van der Waals surface area contributed by atoms with Crippen molar-refractivity contribution in [2.45, 2.75) is 38.3 Å². The van der Waals surface area contributed by atoms with Crippen LogP contribution in [0.1, 0.15) is 25.3 Å². The van der Waals surface area contributed by atoms with Crippen LogP contribution >= 0.6 is 0 Å². The topological polar surface area (TPSA) is 67.5 Å². The number of nitroso groups, excluding NO2 is 1. The number of nitrogens with one attached hydrogen (secondary N) is 1. The van der Waals surface area contributed by atoms with Gasteiger partial charge in [0.15, 0.2) is 0 Å². The standard InChI is InChI=1S/C14H23N3O/c1-12(15)9-10-16-11-14(17-18)8-7-13-5-3-2-4-6-13/h2-6,12,14,16H,7-11,15H2,1H3/t12-,14+/m1/s1. The normalized spacial score (nSPS) is 14.1. The molecule has 0 radical (unpaired) electrons. The van der Waals surface area contributed by atoms with Crippen molar-refractivity contribution in [3.63, 3.8) is 0 Å². The van der Waals surface area contributed by atoms with Crippen LogP contribution in [0.2, 0.25) is 0 Å². The van der Waals surface area contributed by atoms with Crippen molar-refractivity contribution in [3.05, 3.63) is 40.8 Å². The summed E-state index contributed by atoms with van der Waals surface area (Å²) in [6, 6.07) is 10.2. The molecule has 0 aliphatic carbocycles. The van der Waals surface area contributed by atoms with Gasteiger partial charge >= 0.3 is 0 Å². The third-order valence-corrected chi connectivity index (χ3v) is 2.91. The smallest absolute Gasteiger partial charge is 0.105 e. The number of nitrogens with two attached hydrogens (primary N) is 1. The molecule has 0 amide bonds. The Morgan fingerprint density at radius 3 is 2.61 bits per heavy atom. The van der Waals surface area contributed by atoms with Gasteiger partial charge in [-0.1, -0.05) is 35.5 Å². The van der Waals surface area contributed by atoms with E-state index in [4.69, 9.17) is 5.73 Å². The van der Waals surface area contributed by atoms with E-state index < -0.39 is 0 Å². The van der Waals surface area contributed by atoms with Crippen LogP contribution < -0.4 is 11.1 Å². The zero-order chi connectivity index (χ0) is 13.2. The van der Waals surface area contributed by atoms with Gasteiger partial charge in [-0.2, -0.15) is 4.91 Å². The van der Waals surface area contributed by atoms with Gasteiger partial charge in [-0.15, -0.1) is 0 Å². The summed E-state index contributed by atoms with van der Waals surface area (Å²) in [6.07, 6.45) is 2.61. The summed E-state index contributed by atoms with van der Waals surface area (Å²) in [6.45, 7) is 3.46. The van der Waals surface area contributed by atoms with Crippen molar-refractivity contribution in [2.75, 3.05) is 13.1 Å². The number of nitrogens with zero attached hydrogens (tertiary/aromatic N) is 1. The van der Waals surface area contributed by atoms with Crippen LogP contribution in [-0.4, -0.2) is 25.2 Å². The van der Waals surface area contributed by atoms with E-state index in [1.807, 2.05) is 25.1 Å². The van der Waals surface area contributed by atoms with E-state index in [-0.39, 0.29) is 12.1 Å². The second kappa shape index (κ2) is 8.78. The van der Waals surface area contributed by atoms with Gasteiger partial charge in [0.2, 0.25) is 0 Å². The molecule has 0 saturated heterocycles. The van der Waals surface area contributed by atoms with Gasteiger partial charge in [0, 0.05) is 12.6 Å². The fraction of sp³-hybridized carbons (Fsp3) is 0.571. The molecule has 0 heterocycles. The number of aryl methyl sites for hydroxylation is 1. The minimum absolute atomic E-state index is 0.154. The number of hydrogen-bond acceptors (Lipinski definition) is 4. The van der Waals surface area contributed by atoms with E-state index >= 15 is 0 Å². The van der Waals surface area contributed by atoms with Gasteiger partial charge in [0.05, 0.1) is 0 Å². The van der Waals surface area contributed by atoms with E-state index in [1.54, 1.807) is 0 Å². The second-order valence-corrected chi connectivity index (χ2v) is 4.75. The summed E-state index contributed by atoms with van der Waals surface area (Å²) in [5.74, 6) is 0. The lowest BCUT2D eigenvalue weighted by atomic mass is 10.1. The molecule has 0 aliphatic heterocycles. The number of benzene rings is 1. The Morgan fingerprint density at radius 1 is 1.28 bits per heavy atom. The van der Waals surface area contributed by atoms with Crippen LogP contribution in [0.5, 0.6) is 0 Å². The van der Waals surface area contributed by atoms with Crippen LogP contribution in [0.4, 0.5) is 0 Å². The molecular formula is C14H23N3O. The Kier molecular flexibility index (Phi) is 7.22. The Morgan fingerprint density at radius 2 is 2.00 bits per heavy atom. The summed E-state index contributed by atoms with van der Waals surface area (Å²) in [4.78, 5) is 10.7. The van der Waals surface area contributed by atoms with E-state index in [0.29, 0.717) is 6.54 Å². The molecule has 1 rings (SSSR count). The second-order valence-electron chi connectivity index (χ2n) is 4.75. The van der Waals surface area contributed by atoms with Gasteiger partial charge in [-0.05, 0) is 38.3 Å². The molecule has 0 bridgehead atoms. The molecule has 100 valence electrons. The van der Waals surface area contributed by atoms with Crippen molar-refractivity contribution < 1.29 is 0 Å². The van der Waals surface area contributed by atoms with E-state index in [9.17, 15) is 4.91 Å². The summed E-state index contributed by atoms with van der Waals surface area (Å²) >= 11 is 0. The fourth-order valence-corrected chi connectivity index (χ4v) is 1.77. The molecule has 0 spiro atoms. The highest BCUT2D eigenvalue weighted by Gasteiger charge is 2.08.